The number of nitrogens with one attached hydrogen (secondary N) is 1. The third-order valence-electron chi connectivity index (χ3n) is 5.78. The third-order valence-corrected chi connectivity index (χ3v) is 6.33. The van der Waals surface area contributed by atoms with Gasteiger partial charge in [0, 0.05) is 21.6 Å². The molecule has 0 spiro atoms. The molecule has 1 aliphatic rings. The lowest BCUT2D eigenvalue weighted by molar-refractivity contribution is -0.121. The van der Waals surface area contributed by atoms with Crippen molar-refractivity contribution in [1.29, 1.82) is 0 Å². The minimum atomic E-state index is -0.659. The van der Waals surface area contributed by atoms with Gasteiger partial charge in [-0.1, -0.05) is 49.0 Å². The molecule has 2 aromatic carbocycles. The monoisotopic (exact) mass is 442 g/mol. The average Bonchev–Trinajstić information content (AvgIpc) is 3.24. The molecule has 1 amide bonds. The summed E-state index contributed by atoms with van der Waals surface area (Å²) in [5.41, 5.74) is 1.65. The number of fused-ring (bicyclic) bond motifs is 1. The van der Waals surface area contributed by atoms with E-state index in [4.69, 9.17) is 27.9 Å². The molecule has 1 fully saturated rings. The Balaban J connectivity index is 1.71. The molecular weight excluding hydrogens is 419 g/mol. The Hall–Kier alpha value is -2.30. The standard InChI is InChI=1S/C24H24Cl2N2O2/c1-2-14-30-21-10-9-20(17-6-5-13-27-22(17)21)28-23(29)24(11-3-4-12-24)18-8-7-16(25)15-19(18)26/h5-10,13,15H,2-4,11-12,14H2,1H3,(H,28,29). The highest BCUT2D eigenvalue weighted by molar-refractivity contribution is 6.35. The van der Waals surface area contributed by atoms with Crippen molar-refractivity contribution >= 4 is 45.7 Å². The largest absolute Gasteiger partial charge is 0.491 e. The number of pyridine rings is 1. The summed E-state index contributed by atoms with van der Waals surface area (Å²) < 4.78 is 5.84. The fraction of sp³-hybridized carbons (Fsp3) is 0.333. The van der Waals surface area contributed by atoms with Crippen LogP contribution in [0.1, 0.15) is 44.6 Å². The number of hydrogen-bond donors (Lipinski definition) is 1. The van der Waals surface area contributed by atoms with Gasteiger partial charge in [-0.25, -0.2) is 0 Å². The first-order chi connectivity index (χ1) is 14.5. The van der Waals surface area contributed by atoms with E-state index in [1.165, 1.54) is 0 Å². The van der Waals surface area contributed by atoms with E-state index < -0.39 is 5.41 Å². The molecule has 4 rings (SSSR count). The zero-order valence-electron chi connectivity index (χ0n) is 16.9. The highest BCUT2D eigenvalue weighted by atomic mass is 35.5. The number of ether oxygens (including phenoxy) is 1. The van der Waals surface area contributed by atoms with Gasteiger partial charge in [0.15, 0.2) is 0 Å². The molecular formula is C24H24Cl2N2O2. The van der Waals surface area contributed by atoms with Crippen LogP contribution in [0.5, 0.6) is 5.75 Å². The third kappa shape index (κ3) is 3.86. The van der Waals surface area contributed by atoms with Crippen LogP contribution < -0.4 is 10.1 Å². The second-order valence-corrected chi connectivity index (χ2v) is 8.57. The van der Waals surface area contributed by atoms with Crippen molar-refractivity contribution in [2.75, 3.05) is 11.9 Å². The zero-order valence-corrected chi connectivity index (χ0v) is 18.4. The summed E-state index contributed by atoms with van der Waals surface area (Å²) in [5.74, 6) is 0.679. The van der Waals surface area contributed by atoms with E-state index in [-0.39, 0.29) is 5.91 Å². The number of halogens is 2. The Morgan fingerprint density at radius 2 is 1.97 bits per heavy atom. The molecule has 156 valence electrons. The first kappa shape index (κ1) is 21.0. The summed E-state index contributed by atoms with van der Waals surface area (Å²) in [4.78, 5) is 18.1. The van der Waals surface area contributed by atoms with Crippen molar-refractivity contribution in [3.05, 3.63) is 64.3 Å². The smallest absolute Gasteiger partial charge is 0.235 e. The molecule has 3 aromatic rings. The molecule has 0 unspecified atom stereocenters. The van der Waals surface area contributed by atoms with Crippen molar-refractivity contribution in [2.24, 2.45) is 0 Å². The summed E-state index contributed by atoms with van der Waals surface area (Å²) in [6, 6.07) is 13.0. The van der Waals surface area contributed by atoms with Gasteiger partial charge in [0.25, 0.3) is 0 Å². The zero-order chi connectivity index (χ0) is 21.1. The van der Waals surface area contributed by atoms with Gasteiger partial charge in [0.05, 0.1) is 17.7 Å². The van der Waals surface area contributed by atoms with Crippen LogP contribution in [-0.2, 0) is 10.2 Å². The molecule has 30 heavy (non-hydrogen) atoms. The Morgan fingerprint density at radius 3 is 2.70 bits per heavy atom. The first-order valence-electron chi connectivity index (χ1n) is 10.3. The van der Waals surface area contributed by atoms with Gasteiger partial charge in [0.2, 0.25) is 5.91 Å². The quantitative estimate of drug-likeness (QED) is 0.457. The van der Waals surface area contributed by atoms with Gasteiger partial charge in [-0.15, -0.1) is 0 Å². The van der Waals surface area contributed by atoms with Gasteiger partial charge in [-0.2, -0.15) is 0 Å². The number of carbonyl (C=O) groups excluding carboxylic acids is 1. The van der Waals surface area contributed by atoms with Crippen LogP contribution in [0.3, 0.4) is 0 Å². The summed E-state index contributed by atoms with van der Waals surface area (Å²) >= 11 is 12.6. The van der Waals surface area contributed by atoms with E-state index in [1.807, 2.05) is 30.3 Å². The summed E-state index contributed by atoms with van der Waals surface area (Å²) in [5, 5.41) is 5.12. The number of hydrogen-bond acceptors (Lipinski definition) is 3. The predicted molar refractivity (Wildman–Crippen MR) is 123 cm³/mol. The van der Waals surface area contributed by atoms with Crippen molar-refractivity contribution in [3.63, 3.8) is 0 Å². The van der Waals surface area contributed by atoms with Crippen LogP contribution >= 0.6 is 23.2 Å². The van der Waals surface area contributed by atoms with E-state index in [0.717, 1.165) is 60.0 Å². The Labute approximate surface area is 186 Å². The fourth-order valence-electron chi connectivity index (χ4n) is 4.30. The van der Waals surface area contributed by atoms with E-state index >= 15 is 0 Å². The summed E-state index contributed by atoms with van der Waals surface area (Å²) in [6.45, 7) is 2.68. The molecule has 1 N–H and O–H groups in total. The minimum Gasteiger partial charge on any atom is -0.491 e. The molecule has 0 atom stereocenters. The second-order valence-electron chi connectivity index (χ2n) is 7.73. The van der Waals surface area contributed by atoms with E-state index in [9.17, 15) is 4.79 Å². The summed E-state index contributed by atoms with van der Waals surface area (Å²) in [6.07, 6.45) is 6.13. The molecule has 1 saturated carbocycles. The van der Waals surface area contributed by atoms with Crippen LogP contribution in [-0.4, -0.2) is 17.5 Å². The van der Waals surface area contributed by atoms with Crippen molar-refractivity contribution in [3.8, 4) is 5.75 Å². The molecule has 6 heteroatoms. The van der Waals surface area contributed by atoms with Crippen molar-refractivity contribution in [1.82, 2.24) is 4.98 Å². The number of aromatic nitrogens is 1. The van der Waals surface area contributed by atoms with E-state index in [2.05, 4.69) is 17.2 Å². The number of benzene rings is 2. The van der Waals surface area contributed by atoms with E-state index in [0.29, 0.717) is 16.7 Å². The fourth-order valence-corrected chi connectivity index (χ4v) is 4.89. The van der Waals surface area contributed by atoms with Gasteiger partial charge >= 0.3 is 0 Å². The lowest BCUT2D eigenvalue weighted by Crippen LogP contribution is -2.38. The van der Waals surface area contributed by atoms with Crippen LogP contribution in [0, 0.1) is 0 Å². The second kappa shape index (κ2) is 8.83. The van der Waals surface area contributed by atoms with Crippen LogP contribution in [0.25, 0.3) is 10.9 Å². The van der Waals surface area contributed by atoms with Crippen LogP contribution in [0.15, 0.2) is 48.7 Å². The molecule has 0 aliphatic heterocycles. The first-order valence-corrected chi connectivity index (χ1v) is 11.1. The number of amides is 1. The predicted octanol–water partition coefficient (Wildman–Crippen LogP) is 6.78. The molecule has 1 aliphatic carbocycles. The van der Waals surface area contributed by atoms with Gasteiger partial charge in [-0.3, -0.25) is 9.78 Å². The average molecular weight is 443 g/mol. The SMILES string of the molecule is CCCOc1ccc(NC(=O)C2(c3ccc(Cl)cc3Cl)CCCC2)c2cccnc12. The molecule has 0 radical (unpaired) electrons. The summed E-state index contributed by atoms with van der Waals surface area (Å²) in [7, 11) is 0. The Bertz CT molecular complexity index is 1080. The highest BCUT2D eigenvalue weighted by Crippen LogP contribution is 2.45. The minimum absolute atomic E-state index is 0.0448. The number of anilines is 1. The lowest BCUT2D eigenvalue weighted by atomic mass is 9.77. The Kier molecular flexibility index (Phi) is 6.16. The van der Waals surface area contributed by atoms with E-state index in [1.54, 1.807) is 18.3 Å². The maximum Gasteiger partial charge on any atom is 0.235 e. The number of carbonyl (C=O) groups is 1. The number of nitrogens with zero attached hydrogens (tertiary/aromatic N) is 1. The van der Waals surface area contributed by atoms with Gasteiger partial charge in [0.1, 0.15) is 11.3 Å². The molecule has 1 aromatic heterocycles. The Morgan fingerprint density at radius 1 is 1.17 bits per heavy atom. The van der Waals surface area contributed by atoms with Crippen molar-refractivity contribution in [2.45, 2.75) is 44.4 Å². The van der Waals surface area contributed by atoms with Crippen molar-refractivity contribution < 1.29 is 9.53 Å². The maximum absolute atomic E-state index is 13.6. The van der Waals surface area contributed by atoms with Crippen LogP contribution in [0.4, 0.5) is 5.69 Å². The molecule has 0 bridgehead atoms. The van der Waals surface area contributed by atoms with Gasteiger partial charge < -0.3 is 10.1 Å². The molecule has 0 saturated heterocycles. The molecule has 4 nitrogen and oxygen atoms in total. The highest BCUT2D eigenvalue weighted by Gasteiger charge is 2.44. The lowest BCUT2D eigenvalue weighted by Gasteiger charge is -2.29. The van der Waals surface area contributed by atoms with Gasteiger partial charge in [-0.05, 0) is 61.2 Å². The topological polar surface area (TPSA) is 51.2 Å². The van der Waals surface area contributed by atoms with Crippen LogP contribution in [0.2, 0.25) is 10.0 Å². The molecule has 1 heterocycles. The number of rotatable bonds is 6. The maximum atomic E-state index is 13.6. The normalized spacial score (nSPS) is 15.3.